The first-order chi connectivity index (χ1) is 10.9. The Labute approximate surface area is 131 Å². The van der Waals surface area contributed by atoms with Gasteiger partial charge in [-0.25, -0.2) is 21.6 Å². The summed E-state index contributed by atoms with van der Waals surface area (Å²) in [5, 5.41) is 8.83. The molecule has 24 heavy (non-hydrogen) atoms. The Balaban J connectivity index is 2.45. The van der Waals surface area contributed by atoms with E-state index >= 15 is 0 Å². The second-order valence-electron chi connectivity index (χ2n) is 5.11. The lowest BCUT2D eigenvalue weighted by atomic mass is 9.96. The smallest absolute Gasteiger partial charge is 0.393 e. The van der Waals surface area contributed by atoms with Gasteiger partial charge < -0.3 is 5.11 Å². The molecule has 2 rings (SSSR count). The highest BCUT2D eigenvalue weighted by Gasteiger charge is 2.55. The maximum atomic E-state index is 13.6. The summed E-state index contributed by atoms with van der Waals surface area (Å²) in [4.78, 5) is 9.56. The fourth-order valence-corrected chi connectivity index (χ4v) is 3.94. The number of carboxylic acid groups (broad SMARTS) is 1. The van der Waals surface area contributed by atoms with Crippen molar-refractivity contribution >= 4 is 16.0 Å². The minimum Gasteiger partial charge on any atom is -0.481 e. The van der Waals surface area contributed by atoms with Gasteiger partial charge in [0.2, 0.25) is 10.0 Å². The lowest BCUT2D eigenvalue weighted by Gasteiger charge is -2.18. The minimum absolute atomic E-state index is 0.00328. The molecule has 1 saturated heterocycles. The third-order valence-corrected chi connectivity index (χ3v) is 5.46. The first-order valence-electron chi connectivity index (χ1n) is 6.30. The lowest BCUT2D eigenvalue weighted by molar-refractivity contribution is -0.187. The molecule has 0 unspecified atom stereocenters. The van der Waals surface area contributed by atoms with E-state index in [0.29, 0.717) is 0 Å². The van der Waals surface area contributed by atoms with E-state index in [4.69, 9.17) is 5.11 Å². The van der Waals surface area contributed by atoms with Crippen molar-refractivity contribution in [2.75, 3.05) is 13.1 Å². The van der Waals surface area contributed by atoms with E-state index in [9.17, 15) is 39.6 Å². The Hall–Kier alpha value is -1.82. The molecule has 0 aliphatic carbocycles. The first kappa shape index (κ1) is 18.5. The monoisotopic (exact) mass is 377 g/mol. The second kappa shape index (κ2) is 5.92. The third kappa shape index (κ3) is 3.20. The summed E-state index contributed by atoms with van der Waals surface area (Å²) in [6, 6.07) is -0.0646. The molecule has 1 aromatic carbocycles. The number of alkyl halides is 3. The molecule has 1 heterocycles. The van der Waals surface area contributed by atoms with Crippen molar-refractivity contribution in [3.8, 4) is 0 Å². The lowest BCUT2D eigenvalue weighted by Crippen LogP contribution is -2.34. The van der Waals surface area contributed by atoms with Crippen molar-refractivity contribution in [2.45, 2.75) is 11.1 Å². The zero-order chi connectivity index (χ0) is 18.4. The molecular weight excluding hydrogens is 368 g/mol. The highest BCUT2D eigenvalue weighted by molar-refractivity contribution is 7.89. The number of carboxylic acids is 1. The van der Waals surface area contributed by atoms with Gasteiger partial charge >= 0.3 is 12.1 Å². The number of benzene rings is 1. The maximum absolute atomic E-state index is 13.6. The van der Waals surface area contributed by atoms with E-state index in [0.717, 1.165) is 0 Å². The number of carbonyl (C=O) groups is 1. The van der Waals surface area contributed by atoms with Gasteiger partial charge in [0.25, 0.3) is 0 Å². The molecule has 0 aromatic heterocycles. The molecule has 0 amide bonds. The zero-order valence-electron chi connectivity index (χ0n) is 11.5. The SMILES string of the molecule is O=C(O)[C@@H]1CN(S(=O)(=O)c2cc(F)c(F)cc2F)C[C@H]1C(F)(F)F. The van der Waals surface area contributed by atoms with Crippen molar-refractivity contribution in [1.82, 2.24) is 4.31 Å². The van der Waals surface area contributed by atoms with Crippen molar-refractivity contribution in [3.63, 3.8) is 0 Å². The largest absolute Gasteiger partial charge is 0.481 e. The van der Waals surface area contributed by atoms with Crippen LogP contribution in [0.3, 0.4) is 0 Å². The molecule has 0 spiro atoms. The van der Waals surface area contributed by atoms with Gasteiger partial charge in [0, 0.05) is 19.2 Å². The van der Waals surface area contributed by atoms with Gasteiger partial charge in [0.15, 0.2) is 11.6 Å². The normalized spacial score (nSPS) is 22.8. The van der Waals surface area contributed by atoms with Crippen LogP contribution in [0.4, 0.5) is 26.3 Å². The fraction of sp³-hybridized carbons (Fsp3) is 0.417. The molecule has 0 saturated carbocycles. The van der Waals surface area contributed by atoms with Crippen LogP contribution in [0.5, 0.6) is 0 Å². The Kier molecular flexibility index (Phi) is 4.57. The average Bonchev–Trinajstić information content (AvgIpc) is 2.88. The van der Waals surface area contributed by atoms with Crippen LogP contribution in [0.25, 0.3) is 0 Å². The zero-order valence-corrected chi connectivity index (χ0v) is 12.3. The molecule has 5 nitrogen and oxygen atoms in total. The van der Waals surface area contributed by atoms with Crippen molar-refractivity contribution in [3.05, 3.63) is 29.6 Å². The summed E-state index contributed by atoms with van der Waals surface area (Å²) < 4.78 is 103. The van der Waals surface area contributed by atoms with Crippen LogP contribution in [0.15, 0.2) is 17.0 Å². The van der Waals surface area contributed by atoms with E-state index < -0.39 is 69.4 Å². The Morgan fingerprint density at radius 2 is 1.62 bits per heavy atom. The number of halogens is 6. The predicted molar refractivity (Wildman–Crippen MR) is 65.7 cm³/mol. The Bertz CT molecular complexity index is 778. The summed E-state index contributed by atoms with van der Waals surface area (Å²) in [6.07, 6.45) is -5.00. The van der Waals surface area contributed by atoms with E-state index in [2.05, 4.69) is 0 Å². The van der Waals surface area contributed by atoms with Gasteiger partial charge in [-0.3, -0.25) is 4.79 Å². The second-order valence-corrected chi connectivity index (χ2v) is 7.02. The van der Waals surface area contributed by atoms with Crippen molar-refractivity contribution in [1.29, 1.82) is 0 Å². The topological polar surface area (TPSA) is 74.7 Å². The van der Waals surface area contributed by atoms with Gasteiger partial charge in [-0.15, -0.1) is 0 Å². The van der Waals surface area contributed by atoms with Crippen LogP contribution in [-0.4, -0.2) is 43.1 Å². The molecule has 0 bridgehead atoms. The summed E-state index contributed by atoms with van der Waals surface area (Å²) >= 11 is 0. The minimum atomic E-state index is -5.00. The van der Waals surface area contributed by atoms with E-state index in [1.165, 1.54) is 0 Å². The standard InChI is InChI=1S/C12H9F6NO4S/c13-7-1-9(15)10(2-8(7)14)24(22,23)19-3-5(11(20)21)6(4-19)12(16,17)18/h1-2,5-6H,3-4H2,(H,20,21)/t5-,6-/m1/s1. The molecule has 12 heteroatoms. The fourth-order valence-electron chi connectivity index (χ4n) is 2.39. The van der Waals surface area contributed by atoms with Gasteiger partial charge in [0.05, 0.1) is 11.8 Å². The average molecular weight is 377 g/mol. The summed E-state index contributed by atoms with van der Waals surface area (Å²) in [5.74, 6) is -11.6. The van der Waals surface area contributed by atoms with E-state index in [1.807, 2.05) is 0 Å². The van der Waals surface area contributed by atoms with Crippen LogP contribution >= 0.6 is 0 Å². The van der Waals surface area contributed by atoms with E-state index in [-0.39, 0.29) is 16.4 Å². The number of aliphatic carboxylic acids is 1. The Morgan fingerprint density at radius 3 is 2.08 bits per heavy atom. The molecule has 2 atom stereocenters. The van der Waals surface area contributed by atoms with Gasteiger partial charge in [0.1, 0.15) is 10.7 Å². The van der Waals surface area contributed by atoms with Crippen LogP contribution in [0.2, 0.25) is 0 Å². The molecule has 1 fully saturated rings. The van der Waals surface area contributed by atoms with Gasteiger partial charge in [-0.1, -0.05) is 0 Å². The van der Waals surface area contributed by atoms with Gasteiger partial charge in [-0.2, -0.15) is 17.5 Å². The van der Waals surface area contributed by atoms with E-state index in [1.54, 1.807) is 0 Å². The summed E-state index contributed by atoms with van der Waals surface area (Å²) in [7, 11) is -4.98. The number of hydrogen-bond donors (Lipinski definition) is 1. The number of sulfonamides is 1. The number of hydrogen-bond acceptors (Lipinski definition) is 3. The maximum Gasteiger partial charge on any atom is 0.393 e. The molecule has 0 radical (unpaired) electrons. The first-order valence-corrected chi connectivity index (χ1v) is 7.74. The van der Waals surface area contributed by atoms with Crippen LogP contribution in [-0.2, 0) is 14.8 Å². The van der Waals surface area contributed by atoms with Crippen LogP contribution < -0.4 is 0 Å². The van der Waals surface area contributed by atoms with Crippen molar-refractivity contribution < 1.29 is 44.7 Å². The highest BCUT2D eigenvalue weighted by Crippen LogP contribution is 2.40. The molecule has 134 valence electrons. The van der Waals surface area contributed by atoms with Crippen molar-refractivity contribution in [2.24, 2.45) is 11.8 Å². The predicted octanol–water partition coefficient (Wildman–Crippen LogP) is 1.99. The van der Waals surface area contributed by atoms with Crippen LogP contribution in [0.1, 0.15) is 0 Å². The molecule has 1 aromatic rings. The van der Waals surface area contributed by atoms with Gasteiger partial charge in [-0.05, 0) is 6.07 Å². The Morgan fingerprint density at radius 1 is 1.08 bits per heavy atom. The number of nitrogens with zero attached hydrogens (tertiary/aromatic N) is 1. The molecule has 1 N–H and O–H groups in total. The molecule has 1 aliphatic heterocycles. The number of rotatable bonds is 3. The summed E-state index contributed by atoms with van der Waals surface area (Å²) in [6.45, 7) is -2.33. The highest BCUT2D eigenvalue weighted by atomic mass is 32.2. The summed E-state index contributed by atoms with van der Waals surface area (Å²) in [5.41, 5.74) is 0. The van der Waals surface area contributed by atoms with Crippen LogP contribution in [0, 0.1) is 29.3 Å². The third-order valence-electron chi connectivity index (χ3n) is 3.62. The molecule has 1 aliphatic rings. The molecular formula is C12H9F6NO4S. The quantitative estimate of drug-likeness (QED) is 0.646.